The van der Waals surface area contributed by atoms with E-state index in [9.17, 15) is 9.59 Å². The van der Waals surface area contributed by atoms with E-state index in [-0.39, 0.29) is 5.91 Å². The molecule has 0 unspecified atom stereocenters. The van der Waals surface area contributed by atoms with Crippen LogP contribution in [-0.2, 0) is 22.5 Å². The van der Waals surface area contributed by atoms with Gasteiger partial charge in [0.2, 0.25) is 5.91 Å². The predicted molar refractivity (Wildman–Crippen MR) is 103 cm³/mol. The van der Waals surface area contributed by atoms with Crippen LogP contribution < -0.4 is 0 Å². The smallest absolute Gasteiger partial charge is 0.359 e. The van der Waals surface area contributed by atoms with Gasteiger partial charge in [-0.15, -0.1) is 0 Å². The van der Waals surface area contributed by atoms with Crippen molar-refractivity contribution in [3.05, 3.63) is 46.8 Å². The number of unbranched alkanes of at least 4 members (excludes halogenated alkanes) is 1. The molecule has 0 radical (unpaired) electrons. The van der Waals surface area contributed by atoms with Crippen LogP contribution in [0.1, 0.15) is 60.4 Å². The summed E-state index contributed by atoms with van der Waals surface area (Å²) >= 11 is 0. The molecular weight excluding hydrogens is 342 g/mol. The third kappa shape index (κ3) is 4.04. The van der Waals surface area contributed by atoms with E-state index < -0.39 is 5.97 Å². The summed E-state index contributed by atoms with van der Waals surface area (Å²) in [7, 11) is 0. The standard InChI is InChI=1S/C21H27N3O3/c1-4-6-7-19(25)23-13-12-18-17(14-23)20(21(26)27-5-2)22-24(18)16-10-8-15(3)9-11-16/h8-11H,4-7,12-14H2,1-3H3. The zero-order valence-corrected chi connectivity index (χ0v) is 16.3. The summed E-state index contributed by atoms with van der Waals surface area (Å²) in [6.07, 6.45) is 3.10. The molecule has 6 nitrogen and oxygen atoms in total. The molecule has 2 heterocycles. The number of rotatable bonds is 6. The van der Waals surface area contributed by atoms with E-state index in [1.807, 2.05) is 40.8 Å². The second-order valence-corrected chi connectivity index (χ2v) is 6.91. The Morgan fingerprint density at radius 2 is 1.93 bits per heavy atom. The number of carbonyl (C=O) groups is 2. The van der Waals surface area contributed by atoms with E-state index >= 15 is 0 Å². The van der Waals surface area contributed by atoms with Gasteiger partial charge in [-0.1, -0.05) is 31.0 Å². The fourth-order valence-electron chi connectivity index (χ4n) is 3.38. The van der Waals surface area contributed by atoms with Crippen LogP contribution in [0.4, 0.5) is 0 Å². The van der Waals surface area contributed by atoms with Crippen molar-refractivity contribution >= 4 is 11.9 Å². The minimum Gasteiger partial charge on any atom is -0.461 e. The van der Waals surface area contributed by atoms with Crippen LogP contribution in [-0.4, -0.2) is 39.7 Å². The number of aryl methyl sites for hydroxylation is 1. The van der Waals surface area contributed by atoms with Gasteiger partial charge in [-0.25, -0.2) is 9.48 Å². The molecule has 144 valence electrons. The Bertz CT molecular complexity index is 824. The highest BCUT2D eigenvalue weighted by Crippen LogP contribution is 2.27. The van der Waals surface area contributed by atoms with E-state index in [2.05, 4.69) is 12.0 Å². The summed E-state index contributed by atoms with van der Waals surface area (Å²) in [6, 6.07) is 8.04. The van der Waals surface area contributed by atoms with Gasteiger partial charge in [-0.2, -0.15) is 5.10 Å². The molecule has 1 aromatic carbocycles. The molecule has 0 N–H and O–H groups in total. The van der Waals surface area contributed by atoms with Crippen LogP contribution >= 0.6 is 0 Å². The quantitative estimate of drug-likeness (QED) is 0.732. The first-order chi connectivity index (χ1) is 13.0. The molecule has 0 spiro atoms. The largest absolute Gasteiger partial charge is 0.461 e. The zero-order valence-electron chi connectivity index (χ0n) is 16.3. The van der Waals surface area contributed by atoms with Gasteiger partial charge < -0.3 is 9.64 Å². The molecule has 1 aliphatic rings. The van der Waals surface area contributed by atoms with Gasteiger partial charge in [0.1, 0.15) is 0 Å². The van der Waals surface area contributed by atoms with Crippen LogP contribution in [0.5, 0.6) is 0 Å². The van der Waals surface area contributed by atoms with Crippen LogP contribution in [0.2, 0.25) is 0 Å². The number of amides is 1. The maximum absolute atomic E-state index is 12.5. The molecule has 0 saturated heterocycles. The Kier molecular flexibility index (Phi) is 5.94. The van der Waals surface area contributed by atoms with Crippen molar-refractivity contribution in [2.45, 2.75) is 53.0 Å². The van der Waals surface area contributed by atoms with Gasteiger partial charge >= 0.3 is 5.97 Å². The van der Waals surface area contributed by atoms with Gasteiger partial charge in [0.05, 0.1) is 18.0 Å². The Labute approximate surface area is 160 Å². The number of aromatic nitrogens is 2. The molecule has 0 bridgehead atoms. The molecular formula is C21H27N3O3. The summed E-state index contributed by atoms with van der Waals surface area (Å²) in [6.45, 7) is 7.25. The van der Waals surface area contributed by atoms with E-state index in [1.165, 1.54) is 0 Å². The topological polar surface area (TPSA) is 64.4 Å². The minimum absolute atomic E-state index is 0.139. The maximum atomic E-state index is 12.5. The van der Waals surface area contributed by atoms with E-state index in [0.717, 1.165) is 35.3 Å². The van der Waals surface area contributed by atoms with Crippen molar-refractivity contribution in [3.8, 4) is 5.69 Å². The Morgan fingerprint density at radius 1 is 1.19 bits per heavy atom. The van der Waals surface area contributed by atoms with Crippen LogP contribution in [0, 0.1) is 6.92 Å². The molecule has 1 amide bonds. The first-order valence-electron chi connectivity index (χ1n) is 9.67. The second kappa shape index (κ2) is 8.37. The predicted octanol–water partition coefficient (Wildman–Crippen LogP) is 3.43. The molecule has 6 heteroatoms. The molecule has 0 fully saturated rings. The van der Waals surface area contributed by atoms with Gasteiger partial charge in [0.25, 0.3) is 0 Å². The number of ether oxygens (including phenoxy) is 1. The van der Waals surface area contributed by atoms with Crippen molar-refractivity contribution in [3.63, 3.8) is 0 Å². The van der Waals surface area contributed by atoms with Crippen molar-refractivity contribution in [2.24, 2.45) is 0 Å². The highest BCUT2D eigenvalue weighted by molar-refractivity contribution is 5.89. The first kappa shape index (κ1) is 19.1. The van der Waals surface area contributed by atoms with Gasteiger partial charge in [-0.3, -0.25) is 4.79 Å². The van der Waals surface area contributed by atoms with Gasteiger partial charge in [0.15, 0.2) is 5.69 Å². The Balaban J connectivity index is 1.97. The number of nitrogens with zero attached hydrogens (tertiary/aromatic N) is 3. The number of hydrogen-bond acceptors (Lipinski definition) is 4. The number of fused-ring (bicyclic) bond motifs is 1. The zero-order chi connectivity index (χ0) is 19.4. The molecule has 0 saturated carbocycles. The molecule has 1 aromatic heterocycles. The fraction of sp³-hybridized carbons (Fsp3) is 0.476. The van der Waals surface area contributed by atoms with Crippen LogP contribution in [0.25, 0.3) is 5.69 Å². The summed E-state index contributed by atoms with van der Waals surface area (Å²) in [4.78, 5) is 26.8. The lowest BCUT2D eigenvalue weighted by Gasteiger charge is -2.28. The summed E-state index contributed by atoms with van der Waals surface area (Å²) in [5.41, 5.74) is 4.20. The minimum atomic E-state index is -0.428. The number of hydrogen-bond donors (Lipinski definition) is 0. The third-order valence-electron chi connectivity index (χ3n) is 4.90. The van der Waals surface area contributed by atoms with Gasteiger partial charge in [0, 0.05) is 31.5 Å². The molecule has 0 aliphatic carbocycles. The first-order valence-corrected chi connectivity index (χ1v) is 9.67. The van der Waals surface area contributed by atoms with Crippen molar-refractivity contribution in [1.82, 2.24) is 14.7 Å². The number of benzene rings is 1. The highest BCUT2D eigenvalue weighted by atomic mass is 16.5. The summed E-state index contributed by atoms with van der Waals surface area (Å²) < 4.78 is 7.03. The van der Waals surface area contributed by atoms with E-state index in [4.69, 9.17) is 4.74 Å². The molecule has 1 aliphatic heterocycles. The maximum Gasteiger partial charge on any atom is 0.359 e. The van der Waals surface area contributed by atoms with Crippen molar-refractivity contribution in [2.75, 3.05) is 13.2 Å². The molecule has 27 heavy (non-hydrogen) atoms. The number of carbonyl (C=O) groups excluding carboxylic acids is 2. The fourth-order valence-corrected chi connectivity index (χ4v) is 3.38. The van der Waals surface area contributed by atoms with E-state index in [0.29, 0.717) is 38.2 Å². The van der Waals surface area contributed by atoms with E-state index in [1.54, 1.807) is 6.92 Å². The SMILES string of the molecule is CCCCC(=O)N1CCc2c(c(C(=O)OCC)nn2-c2ccc(C)cc2)C1. The third-order valence-corrected chi connectivity index (χ3v) is 4.90. The average molecular weight is 369 g/mol. The summed E-state index contributed by atoms with van der Waals surface area (Å²) in [5, 5.41) is 4.57. The second-order valence-electron chi connectivity index (χ2n) is 6.91. The Hall–Kier alpha value is -2.63. The lowest BCUT2D eigenvalue weighted by atomic mass is 10.0. The normalized spacial score (nSPS) is 13.4. The van der Waals surface area contributed by atoms with Gasteiger partial charge in [-0.05, 0) is 32.4 Å². The molecule has 0 atom stereocenters. The Morgan fingerprint density at radius 3 is 2.59 bits per heavy atom. The van der Waals surface area contributed by atoms with Crippen molar-refractivity contribution in [1.29, 1.82) is 0 Å². The monoisotopic (exact) mass is 369 g/mol. The lowest BCUT2D eigenvalue weighted by molar-refractivity contribution is -0.132. The van der Waals surface area contributed by atoms with Crippen molar-refractivity contribution < 1.29 is 14.3 Å². The van der Waals surface area contributed by atoms with Crippen LogP contribution in [0.3, 0.4) is 0 Å². The highest BCUT2D eigenvalue weighted by Gasteiger charge is 2.30. The summed E-state index contributed by atoms with van der Waals surface area (Å²) in [5.74, 6) is -0.289. The van der Waals surface area contributed by atoms with Crippen LogP contribution in [0.15, 0.2) is 24.3 Å². The molecule has 2 aromatic rings. The lowest BCUT2D eigenvalue weighted by Crippen LogP contribution is -2.36. The number of esters is 1. The molecule has 3 rings (SSSR count). The average Bonchev–Trinajstić information content (AvgIpc) is 3.06.